The molecule has 0 radical (unpaired) electrons. The number of aliphatic hydroxyl groups is 1. The van der Waals surface area contributed by atoms with Gasteiger partial charge in [-0.2, -0.15) is 0 Å². The Hall–Kier alpha value is -2.95. The summed E-state index contributed by atoms with van der Waals surface area (Å²) in [6.07, 6.45) is 8.52. The number of imidazole rings is 1. The number of halogens is 6. The Balaban J connectivity index is 0.000000532. The number of hydrogen-bond donors (Lipinski definition) is 2. The molecule has 1 aromatic heterocycles. The fourth-order valence-corrected chi connectivity index (χ4v) is 4.51. The van der Waals surface area contributed by atoms with Crippen molar-refractivity contribution in [1.82, 2.24) is 9.88 Å². The third-order valence-corrected chi connectivity index (χ3v) is 6.19. The molecule has 1 saturated heterocycles. The van der Waals surface area contributed by atoms with Crippen LogP contribution in [0, 0.1) is 0 Å². The summed E-state index contributed by atoms with van der Waals surface area (Å²) >= 11 is 0. The van der Waals surface area contributed by atoms with Crippen molar-refractivity contribution in [1.29, 1.82) is 0 Å². The fourth-order valence-electron chi connectivity index (χ4n) is 4.51. The molecule has 13 heteroatoms. The van der Waals surface area contributed by atoms with Gasteiger partial charge in [-0.25, -0.2) is 9.13 Å². The van der Waals surface area contributed by atoms with Crippen LogP contribution in [0.3, 0.4) is 0 Å². The van der Waals surface area contributed by atoms with Crippen molar-refractivity contribution in [3.63, 3.8) is 0 Å². The van der Waals surface area contributed by atoms with Crippen molar-refractivity contribution in [2.24, 2.45) is 7.05 Å². The van der Waals surface area contributed by atoms with E-state index in [2.05, 4.69) is 9.88 Å². The van der Waals surface area contributed by atoms with Crippen LogP contribution in [0.25, 0.3) is 0 Å². The summed E-state index contributed by atoms with van der Waals surface area (Å²) in [6, 6.07) is 19.1. The van der Waals surface area contributed by atoms with E-state index in [9.17, 15) is 35.1 Å². The molecule has 216 valence electrons. The fraction of sp³-hybridized carbons (Fsp3) is 0.385. The minimum absolute atomic E-state index is 0.168. The van der Waals surface area contributed by atoms with Crippen LogP contribution in [0.4, 0.5) is 25.2 Å². The molecule has 0 bridgehead atoms. The van der Waals surface area contributed by atoms with Crippen LogP contribution in [0.1, 0.15) is 36.8 Å². The Morgan fingerprint density at radius 1 is 1.03 bits per heavy atom. The Kier molecular flexibility index (Phi) is 8.84. The molecule has 0 unspecified atom stereocenters. The standard InChI is InChI=1S/C26H32N3O3.F6P/c1-28-16-17-29(20-28)15-9-8-14-25(30)32-23-18-24(27-19-23)26(31,21-10-4-2-5-11-21)22-12-6-3-7-13-22;1-7(2,3,4,5)6/h2-7,10-13,16-17,20,23-24,27,31H,8-9,14-15,18-19H2,1H3;/q+1;-1/t23-,24-;/m1./s1. The van der Waals surface area contributed by atoms with Crippen LogP contribution in [-0.4, -0.2) is 34.3 Å². The number of carbonyl (C=O) groups is 1. The Bertz CT molecular complexity index is 1170. The van der Waals surface area contributed by atoms with E-state index in [1.165, 1.54) is 0 Å². The molecule has 1 fully saturated rings. The van der Waals surface area contributed by atoms with Gasteiger partial charge >= 0.3 is 39.0 Å². The third kappa shape index (κ3) is 10.6. The summed E-state index contributed by atoms with van der Waals surface area (Å²) in [4.78, 5) is 12.4. The number of aromatic nitrogens is 2. The first-order valence-electron chi connectivity index (χ1n) is 12.3. The van der Waals surface area contributed by atoms with Gasteiger partial charge in [0.1, 0.15) is 24.1 Å². The van der Waals surface area contributed by atoms with Crippen molar-refractivity contribution >= 4 is 13.8 Å². The van der Waals surface area contributed by atoms with E-state index in [0.717, 1.165) is 30.5 Å². The normalized spacial score (nSPS) is 19.4. The summed E-state index contributed by atoms with van der Waals surface area (Å²) in [5, 5.41) is 15.3. The maximum absolute atomic E-state index is 12.4. The van der Waals surface area contributed by atoms with Crippen LogP contribution in [0.5, 0.6) is 0 Å². The molecule has 4 rings (SSSR count). The predicted molar refractivity (Wildman–Crippen MR) is 135 cm³/mol. The van der Waals surface area contributed by atoms with E-state index in [4.69, 9.17) is 4.74 Å². The molecule has 0 amide bonds. The number of ether oxygens (including phenoxy) is 1. The van der Waals surface area contributed by atoms with E-state index in [1.54, 1.807) is 0 Å². The van der Waals surface area contributed by atoms with E-state index in [-0.39, 0.29) is 18.1 Å². The SMILES string of the molecule is C[n+]1ccn(CCCCC(=O)O[C@H]2CN[C@@H](C(O)(c3ccccc3)c3ccccc3)C2)c1.F[P-](F)(F)(F)(F)F. The number of carbonyl (C=O) groups excluding carboxylic acids is 1. The van der Waals surface area contributed by atoms with Crippen LogP contribution in [0.15, 0.2) is 79.4 Å². The van der Waals surface area contributed by atoms with Crippen LogP contribution >= 0.6 is 7.81 Å². The van der Waals surface area contributed by atoms with E-state index < -0.39 is 13.4 Å². The van der Waals surface area contributed by atoms with Crippen molar-refractivity contribution < 1.29 is 44.4 Å². The zero-order chi connectivity index (χ0) is 28.8. The van der Waals surface area contributed by atoms with Crippen molar-refractivity contribution in [3.8, 4) is 0 Å². The molecule has 1 aliphatic rings. The Morgan fingerprint density at radius 3 is 2.05 bits per heavy atom. The quantitative estimate of drug-likeness (QED) is 0.106. The second kappa shape index (κ2) is 11.3. The number of unbranched alkanes of at least 4 members (excludes halogenated alkanes) is 1. The first kappa shape index (κ1) is 30.6. The zero-order valence-electron chi connectivity index (χ0n) is 21.3. The second-order valence-electron chi connectivity index (χ2n) is 9.54. The number of hydrogen-bond acceptors (Lipinski definition) is 4. The predicted octanol–water partition coefficient (Wildman–Crippen LogP) is 6.08. The van der Waals surface area contributed by atoms with Crippen molar-refractivity contribution in [2.45, 2.75) is 50.0 Å². The number of nitrogens with one attached hydrogen (secondary N) is 1. The molecule has 39 heavy (non-hydrogen) atoms. The first-order valence-corrected chi connectivity index (χ1v) is 14.4. The van der Waals surface area contributed by atoms with Crippen molar-refractivity contribution in [2.75, 3.05) is 6.54 Å². The Labute approximate surface area is 222 Å². The van der Waals surface area contributed by atoms with E-state index in [1.807, 2.05) is 91.0 Å². The summed E-state index contributed by atoms with van der Waals surface area (Å²) in [7, 11) is -8.66. The van der Waals surface area contributed by atoms with Crippen LogP contribution in [-0.2, 0) is 28.7 Å². The average molecular weight is 580 g/mol. The molecule has 2 heterocycles. The first-order chi connectivity index (χ1) is 18.0. The summed E-state index contributed by atoms with van der Waals surface area (Å²) in [6.45, 7) is 1.43. The number of rotatable bonds is 9. The average Bonchev–Trinajstić information content (AvgIpc) is 3.49. The molecule has 2 atom stereocenters. The molecule has 3 aromatic rings. The van der Waals surface area contributed by atoms with Gasteiger partial charge in [0.05, 0.1) is 13.6 Å². The van der Waals surface area contributed by atoms with Crippen LogP contribution < -0.4 is 9.88 Å². The van der Waals surface area contributed by atoms with Gasteiger partial charge in [0.15, 0.2) is 0 Å². The third-order valence-electron chi connectivity index (χ3n) is 6.19. The van der Waals surface area contributed by atoms with Gasteiger partial charge in [-0.3, -0.25) is 4.79 Å². The summed E-state index contributed by atoms with van der Waals surface area (Å²) < 4.78 is 69.1. The van der Waals surface area contributed by atoms with Gasteiger partial charge in [0.25, 0.3) is 0 Å². The molecule has 0 saturated carbocycles. The van der Waals surface area contributed by atoms with Crippen LogP contribution in [0.2, 0.25) is 0 Å². The maximum atomic E-state index is 12.4. The molecule has 0 spiro atoms. The monoisotopic (exact) mass is 579 g/mol. The van der Waals surface area contributed by atoms with Gasteiger partial charge in [-0.05, 0) is 24.0 Å². The molecule has 2 N–H and O–H groups in total. The van der Waals surface area contributed by atoms with Gasteiger partial charge in [0.2, 0.25) is 6.33 Å². The molecule has 0 aliphatic carbocycles. The number of nitrogens with zero attached hydrogens (tertiary/aromatic N) is 2. The minimum atomic E-state index is -10.7. The molecule has 6 nitrogen and oxygen atoms in total. The zero-order valence-corrected chi connectivity index (χ0v) is 22.2. The molecule has 2 aromatic carbocycles. The van der Waals surface area contributed by atoms with E-state index >= 15 is 0 Å². The molecular formula is C26H32F6N3O3P. The number of benzene rings is 2. The second-order valence-corrected chi connectivity index (χ2v) is 11.5. The van der Waals surface area contributed by atoms with Gasteiger partial charge in [-0.15, -0.1) is 0 Å². The molecule has 1 aliphatic heterocycles. The Morgan fingerprint density at radius 2 is 1.56 bits per heavy atom. The van der Waals surface area contributed by atoms with E-state index in [0.29, 0.717) is 19.4 Å². The van der Waals surface area contributed by atoms with Gasteiger partial charge in [-0.1, -0.05) is 60.7 Å². The van der Waals surface area contributed by atoms with Crippen molar-refractivity contribution in [3.05, 3.63) is 90.5 Å². The molecular weight excluding hydrogens is 547 g/mol. The van der Waals surface area contributed by atoms with Gasteiger partial charge < -0.3 is 15.2 Å². The summed E-state index contributed by atoms with van der Waals surface area (Å²) in [5.74, 6) is -0.168. The van der Waals surface area contributed by atoms with Gasteiger partial charge in [0, 0.05) is 25.4 Å². The topological polar surface area (TPSA) is 67.4 Å². The summed E-state index contributed by atoms with van der Waals surface area (Å²) in [5.41, 5.74) is 0.458. The number of aryl methyl sites for hydroxylation is 2. The number of esters is 1.